The fourth-order valence-electron chi connectivity index (χ4n) is 1.99. The van der Waals surface area contributed by atoms with Gasteiger partial charge in [0.2, 0.25) is 0 Å². The van der Waals surface area contributed by atoms with Gasteiger partial charge in [-0.2, -0.15) is 5.10 Å². The number of nitrogens with zero attached hydrogens (tertiary/aromatic N) is 3. The van der Waals surface area contributed by atoms with E-state index in [9.17, 15) is 0 Å². The molecule has 0 aliphatic rings. The first kappa shape index (κ1) is 13.6. The molecule has 0 spiro atoms. The monoisotopic (exact) mass is 259 g/mol. The summed E-state index contributed by atoms with van der Waals surface area (Å²) >= 11 is 0. The minimum atomic E-state index is 0.751. The Bertz CT molecular complexity index is 481. The lowest BCUT2D eigenvalue weighted by Crippen LogP contribution is -2.20. The molecule has 19 heavy (non-hydrogen) atoms. The van der Waals surface area contributed by atoms with Gasteiger partial charge in [-0.3, -0.25) is 4.68 Å². The first-order valence-electron chi connectivity index (χ1n) is 6.58. The maximum absolute atomic E-state index is 5.67. The normalized spacial score (nSPS) is 10.9. The minimum Gasteiger partial charge on any atom is -0.494 e. The van der Waals surface area contributed by atoms with E-state index < -0.39 is 0 Å². The van der Waals surface area contributed by atoms with Crippen molar-refractivity contribution >= 4 is 0 Å². The molecule has 0 atom stereocenters. The van der Waals surface area contributed by atoms with Gasteiger partial charge in [0, 0.05) is 31.9 Å². The number of benzene rings is 1. The van der Waals surface area contributed by atoms with Gasteiger partial charge >= 0.3 is 0 Å². The summed E-state index contributed by atoms with van der Waals surface area (Å²) in [6.07, 6.45) is 4.99. The van der Waals surface area contributed by atoms with Crippen LogP contribution in [0.5, 0.6) is 5.75 Å². The van der Waals surface area contributed by atoms with Crippen LogP contribution < -0.4 is 4.74 Å². The average Bonchev–Trinajstić information content (AvgIpc) is 2.81. The van der Waals surface area contributed by atoms with E-state index >= 15 is 0 Å². The zero-order valence-corrected chi connectivity index (χ0v) is 11.6. The van der Waals surface area contributed by atoms with E-state index in [4.69, 9.17) is 4.74 Å². The van der Waals surface area contributed by atoms with Crippen molar-refractivity contribution in [2.75, 3.05) is 20.2 Å². The van der Waals surface area contributed by atoms with Gasteiger partial charge in [0.15, 0.2) is 0 Å². The van der Waals surface area contributed by atoms with Crippen LogP contribution in [0.2, 0.25) is 0 Å². The van der Waals surface area contributed by atoms with E-state index in [1.54, 1.807) is 0 Å². The zero-order chi connectivity index (χ0) is 13.5. The van der Waals surface area contributed by atoms with E-state index in [1.165, 1.54) is 5.56 Å². The molecule has 0 aliphatic heterocycles. The third kappa shape index (κ3) is 4.75. The lowest BCUT2D eigenvalue weighted by Gasteiger charge is -2.15. The Morgan fingerprint density at radius 2 is 2.05 bits per heavy atom. The predicted molar refractivity (Wildman–Crippen MR) is 76.1 cm³/mol. The zero-order valence-electron chi connectivity index (χ0n) is 11.6. The third-order valence-corrected chi connectivity index (χ3v) is 2.91. The second-order valence-electron chi connectivity index (χ2n) is 4.78. The van der Waals surface area contributed by atoms with Gasteiger partial charge in [-0.15, -0.1) is 0 Å². The van der Waals surface area contributed by atoms with Gasteiger partial charge in [0.25, 0.3) is 0 Å². The molecule has 0 fully saturated rings. The van der Waals surface area contributed by atoms with Crippen molar-refractivity contribution in [3.63, 3.8) is 0 Å². The third-order valence-electron chi connectivity index (χ3n) is 2.91. The summed E-state index contributed by atoms with van der Waals surface area (Å²) < 4.78 is 7.50. The van der Waals surface area contributed by atoms with Gasteiger partial charge in [0.1, 0.15) is 5.75 Å². The quantitative estimate of drug-likeness (QED) is 0.715. The van der Waals surface area contributed by atoms with Crippen molar-refractivity contribution in [3.05, 3.63) is 48.3 Å². The number of ether oxygens (including phenoxy) is 1. The van der Waals surface area contributed by atoms with Crippen molar-refractivity contribution in [3.8, 4) is 5.75 Å². The highest BCUT2D eigenvalue weighted by Gasteiger charge is 2.02. The Hall–Kier alpha value is -1.81. The summed E-state index contributed by atoms with van der Waals surface area (Å²) in [5.41, 5.74) is 1.24. The molecule has 0 N–H and O–H groups in total. The fourth-order valence-corrected chi connectivity index (χ4v) is 1.99. The van der Waals surface area contributed by atoms with Gasteiger partial charge in [0.05, 0.1) is 12.8 Å². The average molecular weight is 259 g/mol. The largest absolute Gasteiger partial charge is 0.494 e. The number of rotatable bonds is 7. The number of aromatic nitrogens is 2. The molecule has 0 bridgehead atoms. The molecule has 0 radical (unpaired) electrons. The van der Waals surface area contributed by atoms with Crippen LogP contribution in [0.25, 0.3) is 0 Å². The van der Waals surface area contributed by atoms with E-state index in [-0.39, 0.29) is 0 Å². The fraction of sp³-hybridized carbons (Fsp3) is 0.400. The number of hydrogen-bond donors (Lipinski definition) is 0. The van der Waals surface area contributed by atoms with Gasteiger partial charge in [-0.1, -0.05) is 18.2 Å². The molecule has 1 heterocycles. The highest BCUT2D eigenvalue weighted by molar-refractivity contribution is 5.20. The Morgan fingerprint density at radius 3 is 2.74 bits per heavy atom. The number of para-hydroxylation sites is 1. The molecule has 102 valence electrons. The summed E-state index contributed by atoms with van der Waals surface area (Å²) in [6.45, 7) is 2.70. The van der Waals surface area contributed by atoms with E-state index in [0.717, 1.165) is 31.9 Å². The van der Waals surface area contributed by atoms with Crippen LogP contribution in [0.3, 0.4) is 0 Å². The van der Waals surface area contributed by atoms with Crippen LogP contribution in [-0.4, -0.2) is 34.9 Å². The van der Waals surface area contributed by atoms with Crippen LogP contribution in [-0.2, 0) is 13.6 Å². The maximum atomic E-state index is 5.67. The van der Waals surface area contributed by atoms with Gasteiger partial charge in [-0.25, -0.2) is 0 Å². The van der Waals surface area contributed by atoms with Crippen LogP contribution >= 0.6 is 0 Å². The molecule has 2 aromatic rings. The first-order valence-corrected chi connectivity index (χ1v) is 6.58. The smallest absolute Gasteiger partial charge is 0.119 e. The van der Waals surface area contributed by atoms with Crippen molar-refractivity contribution in [2.45, 2.75) is 13.0 Å². The minimum absolute atomic E-state index is 0.751. The molecule has 1 aromatic carbocycles. The molecule has 0 saturated heterocycles. The van der Waals surface area contributed by atoms with Gasteiger partial charge < -0.3 is 9.64 Å². The Balaban J connectivity index is 1.63. The molecular formula is C15H21N3O. The number of aryl methyl sites for hydroxylation is 1. The predicted octanol–water partition coefficient (Wildman–Crippen LogP) is 2.32. The summed E-state index contributed by atoms with van der Waals surface area (Å²) in [5, 5.41) is 4.17. The molecule has 4 heteroatoms. The standard InChI is InChI=1S/C15H21N3O/c1-17(12-14-11-16-18(2)13-14)9-6-10-19-15-7-4-3-5-8-15/h3-5,7-8,11,13H,6,9-10,12H2,1-2H3. The topological polar surface area (TPSA) is 30.3 Å². The second-order valence-corrected chi connectivity index (χ2v) is 4.78. The molecular weight excluding hydrogens is 238 g/mol. The van der Waals surface area contributed by atoms with Crippen molar-refractivity contribution in [1.82, 2.24) is 14.7 Å². The Labute approximate surface area is 114 Å². The first-order chi connectivity index (χ1) is 9.24. The lowest BCUT2D eigenvalue weighted by atomic mass is 10.3. The maximum Gasteiger partial charge on any atom is 0.119 e. The molecule has 2 rings (SSSR count). The van der Waals surface area contributed by atoms with Crippen molar-refractivity contribution in [1.29, 1.82) is 0 Å². The van der Waals surface area contributed by atoms with Crippen LogP contribution in [0.15, 0.2) is 42.7 Å². The molecule has 1 aromatic heterocycles. The summed E-state index contributed by atoms with van der Waals surface area (Å²) in [5.74, 6) is 0.942. The lowest BCUT2D eigenvalue weighted by molar-refractivity contribution is 0.259. The van der Waals surface area contributed by atoms with Crippen LogP contribution in [0.1, 0.15) is 12.0 Å². The highest BCUT2D eigenvalue weighted by Crippen LogP contribution is 2.08. The summed E-state index contributed by atoms with van der Waals surface area (Å²) in [4.78, 5) is 2.28. The van der Waals surface area contributed by atoms with Crippen molar-refractivity contribution < 1.29 is 4.74 Å². The van der Waals surface area contributed by atoms with E-state index in [1.807, 2.05) is 48.3 Å². The Kier molecular flexibility index (Phi) is 4.98. The van der Waals surface area contributed by atoms with Crippen LogP contribution in [0, 0.1) is 0 Å². The molecule has 0 unspecified atom stereocenters. The number of hydrogen-bond acceptors (Lipinski definition) is 3. The molecule has 4 nitrogen and oxygen atoms in total. The highest BCUT2D eigenvalue weighted by atomic mass is 16.5. The Morgan fingerprint density at radius 1 is 1.26 bits per heavy atom. The van der Waals surface area contributed by atoms with E-state index in [0.29, 0.717) is 0 Å². The second kappa shape index (κ2) is 6.95. The van der Waals surface area contributed by atoms with Crippen LogP contribution in [0.4, 0.5) is 0 Å². The molecule has 0 aliphatic carbocycles. The van der Waals surface area contributed by atoms with Crippen molar-refractivity contribution in [2.24, 2.45) is 7.05 Å². The van der Waals surface area contributed by atoms with E-state index in [2.05, 4.69) is 23.2 Å². The summed E-state index contributed by atoms with van der Waals surface area (Å²) in [6, 6.07) is 9.95. The molecule has 0 saturated carbocycles. The SMILES string of the molecule is CN(CCCOc1ccccc1)Cc1cnn(C)c1. The van der Waals surface area contributed by atoms with Gasteiger partial charge in [-0.05, 0) is 25.6 Å². The molecule has 0 amide bonds. The summed E-state index contributed by atoms with van der Waals surface area (Å²) in [7, 11) is 4.06.